The molecule has 2 aromatic rings. The number of para-hydroxylation sites is 1. The van der Waals surface area contributed by atoms with Crippen LogP contribution < -0.4 is 14.8 Å². The molecular weight excluding hydrogens is 461 g/mol. The zero-order valence-electron chi connectivity index (χ0n) is 15.4. The summed E-state index contributed by atoms with van der Waals surface area (Å²) in [6, 6.07) is 16.3. The van der Waals surface area contributed by atoms with Crippen LogP contribution in [0.15, 0.2) is 53.4 Å². The molecule has 6 heteroatoms. The molecule has 1 aliphatic rings. The molecule has 4 nitrogen and oxygen atoms in total. The van der Waals surface area contributed by atoms with Crippen LogP contribution in [0.25, 0.3) is 0 Å². The van der Waals surface area contributed by atoms with E-state index in [1.165, 1.54) is 5.56 Å². The Bertz CT molecular complexity index is 648. The molecule has 1 heterocycles. The van der Waals surface area contributed by atoms with E-state index in [1.54, 1.807) is 26.0 Å². The number of benzene rings is 2. The van der Waals surface area contributed by atoms with E-state index in [0.29, 0.717) is 0 Å². The number of rotatable bonds is 6. The minimum Gasteiger partial charge on any atom is -0.497 e. The van der Waals surface area contributed by atoms with Gasteiger partial charge >= 0.3 is 0 Å². The fraction of sp³-hybridized carbons (Fsp3) is 0.400. The molecule has 1 N–H and O–H groups in total. The van der Waals surface area contributed by atoms with E-state index in [-0.39, 0.29) is 11.4 Å². The molecule has 0 unspecified atom stereocenters. The fourth-order valence-corrected chi connectivity index (χ4v) is 4.10. The smallest absolute Gasteiger partial charge is 0.132 e. The molecule has 142 valence electrons. The van der Waals surface area contributed by atoms with Crippen LogP contribution in [-0.4, -0.2) is 45.0 Å². The lowest BCUT2D eigenvalue weighted by Gasteiger charge is -2.31. The van der Waals surface area contributed by atoms with Crippen molar-refractivity contribution in [3.8, 4) is 11.5 Å². The van der Waals surface area contributed by atoms with Crippen LogP contribution in [0.4, 0.5) is 0 Å². The highest BCUT2D eigenvalue weighted by Crippen LogP contribution is 2.43. The number of morpholine rings is 1. The highest BCUT2D eigenvalue weighted by molar-refractivity contribution is 14.1. The molecule has 0 saturated carbocycles. The largest absolute Gasteiger partial charge is 0.497 e. The molecule has 2 aromatic carbocycles. The van der Waals surface area contributed by atoms with Gasteiger partial charge in [0.25, 0.3) is 0 Å². The summed E-state index contributed by atoms with van der Waals surface area (Å²) in [6.07, 6.45) is 0.113. The zero-order chi connectivity index (χ0) is 18.8. The Labute approximate surface area is 174 Å². The van der Waals surface area contributed by atoms with Crippen LogP contribution in [-0.2, 0) is 4.74 Å². The van der Waals surface area contributed by atoms with Gasteiger partial charge in [0.05, 0.1) is 37.1 Å². The van der Waals surface area contributed by atoms with Crippen LogP contribution in [0.2, 0.25) is 0 Å². The first kappa shape index (κ1) is 21.3. The molecule has 1 saturated heterocycles. The lowest BCUT2D eigenvalue weighted by molar-refractivity contribution is 0.0273. The minimum atomic E-state index is 0.113. The average Bonchev–Trinajstić information content (AvgIpc) is 2.74. The summed E-state index contributed by atoms with van der Waals surface area (Å²) in [5, 5.41) is 3.61. The van der Waals surface area contributed by atoms with Gasteiger partial charge in [-0.1, -0.05) is 46.9 Å². The van der Waals surface area contributed by atoms with Crippen LogP contribution in [0.3, 0.4) is 0 Å². The number of thioether (sulfide) groups is 1. The summed E-state index contributed by atoms with van der Waals surface area (Å²) in [6.45, 7) is 2.49. The molecule has 26 heavy (non-hydrogen) atoms. The topological polar surface area (TPSA) is 39.7 Å². The van der Waals surface area contributed by atoms with E-state index in [0.717, 1.165) is 36.1 Å². The Kier molecular flexibility index (Phi) is 9.60. The number of nitrogens with one attached hydrogen (secondary N) is 1. The number of halogens is 1. The Hall–Kier alpha value is -0.960. The zero-order valence-corrected chi connectivity index (χ0v) is 18.4. The van der Waals surface area contributed by atoms with Crippen molar-refractivity contribution in [3.63, 3.8) is 0 Å². The second kappa shape index (κ2) is 11.7. The van der Waals surface area contributed by atoms with Crippen molar-refractivity contribution in [1.82, 2.24) is 5.32 Å². The molecule has 0 aliphatic carbocycles. The SMILES string of the molecule is CI.COc1ccc([C@@H](Sc2ccccc2OC)[C@H]2CNCCO2)cc1. The number of ether oxygens (including phenoxy) is 3. The Balaban J connectivity index is 0.00000117. The lowest BCUT2D eigenvalue weighted by atomic mass is 10.1. The summed E-state index contributed by atoms with van der Waals surface area (Å²) in [5.41, 5.74) is 1.22. The summed E-state index contributed by atoms with van der Waals surface area (Å²) >= 11 is 3.93. The van der Waals surface area contributed by atoms with Gasteiger partial charge in [0, 0.05) is 13.1 Å². The standard InChI is InChI=1S/C19H23NO3S.CH3I/c1-21-15-9-7-14(8-10-15)19(17-13-20-11-12-23-17)24-18-6-4-3-5-16(18)22-2;1-2/h3-10,17,19-20H,11-13H2,1-2H3;1H3/t17-,19-;/m1./s1. The molecule has 1 aliphatic heterocycles. The molecule has 0 spiro atoms. The van der Waals surface area contributed by atoms with Gasteiger partial charge in [0.15, 0.2) is 0 Å². The van der Waals surface area contributed by atoms with E-state index < -0.39 is 0 Å². The molecule has 2 atom stereocenters. The molecule has 0 bridgehead atoms. The van der Waals surface area contributed by atoms with E-state index in [9.17, 15) is 0 Å². The van der Waals surface area contributed by atoms with E-state index >= 15 is 0 Å². The fourth-order valence-electron chi connectivity index (χ4n) is 2.79. The van der Waals surface area contributed by atoms with Crippen LogP contribution in [0, 0.1) is 0 Å². The van der Waals surface area contributed by atoms with Crippen molar-refractivity contribution in [2.75, 3.05) is 38.8 Å². The first-order valence-electron chi connectivity index (χ1n) is 8.45. The quantitative estimate of drug-likeness (QED) is 0.367. The molecule has 0 aromatic heterocycles. The van der Waals surface area contributed by atoms with Crippen molar-refractivity contribution in [2.45, 2.75) is 16.2 Å². The third kappa shape index (κ3) is 5.77. The van der Waals surface area contributed by atoms with Crippen molar-refractivity contribution in [3.05, 3.63) is 54.1 Å². The monoisotopic (exact) mass is 487 g/mol. The third-order valence-electron chi connectivity index (χ3n) is 4.06. The van der Waals surface area contributed by atoms with Gasteiger partial charge in [-0.25, -0.2) is 0 Å². The maximum absolute atomic E-state index is 6.04. The number of hydrogen-bond acceptors (Lipinski definition) is 5. The summed E-state index contributed by atoms with van der Waals surface area (Å²) in [5.74, 6) is 1.76. The number of hydrogen-bond donors (Lipinski definition) is 1. The third-order valence-corrected chi connectivity index (χ3v) is 5.48. The highest BCUT2D eigenvalue weighted by atomic mass is 127. The van der Waals surface area contributed by atoms with Gasteiger partial charge in [-0.15, -0.1) is 11.8 Å². The molecule has 0 radical (unpaired) electrons. The van der Waals surface area contributed by atoms with Gasteiger partial charge in [-0.3, -0.25) is 0 Å². The van der Waals surface area contributed by atoms with Gasteiger partial charge in [-0.2, -0.15) is 0 Å². The van der Waals surface area contributed by atoms with Crippen molar-refractivity contribution < 1.29 is 14.2 Å². The number of methoxy groups -OCH3 is 2. The lowest BCUT2D eigenvalue weighted by Crippen LogP contribution is -2.41. The molecule has 0 amide bonds. The van der Waals surface area contributed by atoms with Crippen LogP contribution in [0.5, 0.6) is 11.5 Å². The van der Waals surface area contributed by atoms with Gasteiger partial charge in [0.2, 0.25) is 0 Å². The van der Waals surface area contributed by atoms with E-state index in [1.807, 2.05) is 35.3 Å². The Morgan fingerprint density at radius 3 is 2.42 bits per heavy atom. The predicted octanol–water partition coefficient (Wildman–Crippen LogP) is 4.58. The summed E-state index contributed by atoms with van der Waals surface area (Å²) in [7, 11) is 3.39. The maximum atomic E-state index is 6.04. The number of alkyl halides is 1. The maximum Gasteiger partial charge on any atom is 0.132 e. The van der Waals surface area contributed by atoms with Crippen molar-refractivity contribution in [2.24, 2.45) is 0 Å². The first-order chi connectivity index (χ1) is 12.8. The van der Waals surface area contributed by atoms with E-state index in [2.05, 4.69) is 46.1 Å². The van der Waals surface area contributed by atoms with Crippen molar-refractivity contribution >= 4 is 34.4 Å². The van der Waals surface area contributed by atoms with Gasteiger partial charge < -0.3 is 19.5 Å². The second-order valence-corrected chi connectivity index (χ2v) is 6.76. The molecule has 3 rings (SSSR count). The average molecular weight is 487 g/mol. The minimum absolute atomic E-state index is 0.113. The van der Waals surface area contributed by atoms with Gasteiger partial charge in [-0.05, 0) is 34.8 Å². The van der Waals surface area contributed by atoms with E-state index in [4.69, 9.17) is 14.2 Å². The molecule has 1 fully saturated rings. The van der Waals surface area contributed by atoms with Crippen molar-refractivity contribution in [1.29, 1.82) is 0 Å². The highest BCUT2D eigenvalue weighted by Gasteiger charge is 2.28. The summed E-state index contributed by atoms with van der Waals surface area (Å²) < 4.78 is 16.8. The molecular formula is C20H26INO3S. The van der Waals surface area contributed by atoms with Crippen LogP contribution in [0.1, 0.15) is 10.8 Å². The summed E-state index contributed by atoms with van der Waals surface area (Å²) in [4.78, 5) is 3.09. The van der Waals surface area contributed by atoms with Crippen LogP contribution >= 0.6 is 34.4 Å². The normalized spacial score (nSPS) is 17.6. The Morgan fingerprint density at radius 1 is 1.08 bits per heavy atom. The first-order valence-corrected chi connectivity index (χ1v) is 11.5. The second-order valence-electron chi connectivity index (χ2n) is 5.58. The van der Waals surface area contributed by atoms with Gasteiger partial charge in [0.1, 0.15) is 11.5 Å². The predicted molar refractivity (Wildman–Crippen MR) is 117 cm³/mol. The Morgan fingerprint density at radius 2 is 1.81 bits per heavy atom.